The summed E-state index contributed by atoms with van der Waals surface area (Å²) in [7, 11) is -4.30. The second-order valence-corrected chi connectivity index (χ2v) is 4.97. The van der Waals surface area contributed by atoms with Crippen molar-refractivity contribution in [1.82, 2.24) is 4.31 Å². The minimum Gasteiger partial charge on any atom is -0.357 e. The van der Waals surface area contributed by atoms with Gasteiger partial charge in [0.05, 0.1) is 13.2 Å². The van der Waals surface area contributed by atoms with Gasteiger partial charge < -0.3 is 4.74 Å². The van der Waals surface area contributed by atoms with E-state index in [-0.39, 0.29) is 19.7 Å². The van der Waals surface area contributed by atoms with Crippen LogP contribution in [0.3, 0.4) is 0 Å². The molecule has 0 aromatic carbocycles. The number of hydrogen-bond acceptors (Lipinski definition) is 4. The summed E-state index contributed by atoms with van der Waals surface area (Å²) in [5, 5.41) is 0. The van der Waals surface area contributed by atoms with E-state index in [9.17, 15) is 12.6 Å². The van der Waals surface area contributed by atoms with Gasteiger partial charge in [0.25, 0.3) is 10.1 Å². The normalized spacial score (nSPS) is 28.6. The van der Waals surface area contributed by atoms with Gasteiger partial charge in [0.1, 0.15) is 0 Å². The van der Waals surface area contributed by atoms with Gasteiger partial charge in [-0.3, -0.25) is 9.11 Å². The van der Waals surface area contributed by atoms with Gasteiger partial charge in [-0.25, -0.2) is 4.21 Å². The fourth-order valence-corrected chi connectivity index (χ4v) is 2.14. The van der Waals surface area contributed by atoms with Crippen molar-refractivity contribution in [3.05, 3.63) is 0 Å². The molecule has 0 aromatic rings. The molecule has 78 valence electrons. The summed E-state index contributed by atoms with van der Waals surface area (Å²) < 4.78 is 54.6. The van der Waals surface area contributed by atoms with Gasteiger partial charge in [-0.1, -0.05) is 0 Å². The van der Waals surface area contributed by atoms with Crippen LogP contribution in [0.25, 0.3) is 0 Å². The zero-order valence-corrected chi connectivity index (χ0v) is 8.12. The topological polar surface area (TPSA) is 104 Å². The SMILES string of the molecule is O=S(O)N1CCOC(S(=O)(=O)O)C1. The van der Waals surface area contributed by atoms with Crippen LogP contribution in [0.5, 0.6) is 0 Å². The van der Waals surface area contributed by atoms with Gasteiger partial charge in [0.15, 0.2) is 5.44 Å². The molecule has 0 aromatic heterocycles. The second kappa shape index (κ2) is 3.98. The molecule has 0 saturated carbocycles. The zero-order chi connectivity index (χ0) is 10.1. The van der Waals surface area contributed by atoms with Gasteiger partial charge in [-0.2, -0.15) is 12.7 Å². The summed E-state index contributed by atoms with van der Waals surface area (Å²) in [5.41, 5.74) is -1.43. The van der Waals surface area contributed by atoms with Crippen LogP contribution in [-0.2, 0) is 26.1 Å². The van der Waals surface area contributed by atoms with Crippen molar-refractivity contribution in [3.63, 3.8) is 0 Å². The summed E-state index contributed by atoms with van der Waals surface area (Å²) in [4.78, 5) is 0. The molecule has 7 nitrogen and oxygen atoms in total. The highest BCUT2D eigenvalue weighted by Crippen LogP contribution is 2.10. The lowest BCUT2D eigenvalue weighted by Gasteiger charge is -2.27. The summed E-state index contributed by atoms with van der Waals surface area (Å²) in [6.45, 7) is -0.145. The minimum absolute atomic E-state index is 0.00322. The highest BCUT2D eigenvalue weighted by molar-refractivity contribution is 7.86. The van der Waals surface area contributed by atoms with E-state index in [1.54, 1.807) is 0 Å². The van der Waals surface area contributed by atoms with Crippen LogP contribution in [0.1, 0.15) is 0 Å². The van der Waals surface area contributed by atoms with E-state index in [2.05, 4.69) is 0 Å². The van der Waals surface area contributed by atoms with Gasteiger partial charge in [-0.05, 0) is 0 Å². The van der Waals surface area contributed by atoms with Crippen LogP contribution in [0.4, 0.5) is 0 Å². The third-order valence-corrected chi connectivity index (χ3v) is 3.27. The second-order valence-electron chi connectivity index (χ2n) is 2.43. The van der Waals surface area contributed by atoms with E-state index in [0.717, 1.165) is 4.31 Å². The maximum absolute atomic E-state index is 10.6. The number of hydrogen-bond donors (Lipinski definition) is 2. The lowest BCUT2D eigenvalue weighted by atomic mass is 10.5. The summed E-state index contributed by atoms with van der Waals surface area (Å²) in [5.74, 6) is 0. The first-order valence-electron chi connectivity index (χ1n) is 3.35. The van der Waals surface area contributed by atoms with Crippen molar-refractivity contribution in [1.29, 1.82) is 0 Å². The maximum atomic E-state index is 10.6. The molecule has 1 saturated heterocycles. The molecule has 13 heavy (non-hydrogen) atoms. The molecule has 0 spiro atoms. The Kier molecular flexibility index (Phi) is 3.38. The molecular formula is C4H9NO6S2. The van der Waals surface area contributed by atoms with Crippen LogP contribution in [0, 0.1) is 0 Å². The van der Waals surface area contributed by atoms with E-state index in [1.807, 2.05) is 0 Å². The van der Waals surface area contributed by atoms with Crippen molar-refractivity contribution in [2.45, 2.75) is 5.44 Å². The van der Waals surface area contributed by atoms with E-state index >= 15 is 0 Å². The van der Waals surface area contributed by atoms with Crippen LogP contribution in [0.15, 0.2) is 0 Å². The summed E-state index contributed by atoms with van der Waals surface area (Å²) in [6.07, 6.45) is 0. The van der Waals surface area contributed by atoms with Gasteiger partial charge in [-0.15, -0.1) is 0 Å². The largest absolute Gasteiger partial charge is 0.357 e. The van der Waals surface area contributed by atoms with Crippen molar-refractivity contribution >= 4 is 21.4 Å². The first kappa shape index (κ1) is 11.0. The molecule has 2 atom stereocenters. The monoisotopic (exact) mass is 231 g/mol. The molecule has 0 radical (unpaired) electrons. The van der Waals surface area contributed by atoms with Crippen LogP contribution >= 0.6 is 0 Å². The van der Waals surface area contributed by atoms with Crippen LogP contribution < -0.4 is 0 Å². The predicted octanol–water partition coefficient (Wildman–Crippen LogP) is -1.33. The summed E-state index contributed by atoms with van der Waals surface area (Å²) >= 11 is -2.23. The molecule has 0 bridgehead atoms. The Bertz CT molecular complexity index is 300. The van der Waals surface area contributed by atoms with Gasteiger partial charge in [0, 0.05) is 6.54 Å². The fraction of sp³-hybridized carbons (Fsp3) is 1.00. The quantitative estimate of drug-likeness (QED) is 0.450. The van der Waals surface area contributed by atoms with Gasteiger partial charge in [0.2, 0.25) is 11.3 Å². The maximum Gasteiger partial charge on any atom is 0.293 e. The van der Waals surface area contributed by atoms with E-state index in [0.29, 0.717) is 0 Å². The van der Waals surface area contributed by atoms with Crippen LogP contribution in [-0.4, -0.2) is 51.2 Å². The molecule has 0 aliphatic carbocycles. The Morgan fingerprint density at radius 1 is 1.54 bits per heavy atom. The Labute approximate surface area is 77.8 Å². The molecule has 0 amide bonds. The highest BCUT2D eigenvalue weighted by Gasteiger charge is 2.32. The highest BCUT2D eigenvalue weighted by atomic mass is 32.2. The number of morpholine rings is 1. The van der Waals surface area contributed by atoms with E-state index in [4.69, 9.17) is 13.8 Å². The predicted molar refractivity (Wildman–Crippen MR) is 43.6 cm³/mol. The number of rotatable bonds is 2. The molecule has 1 aliphatic heterocycles. The zero-order valence-electron chi connectivity index (χ0n) is 6.49. The summed E-state index contributed by atoms with van der Waals surface area (Å²) in [6, 6.07) is 0. The molecule has 1 aliphatic rings. The van der Waals surface area contributed by atoms with Crippen molar-refractivity contribution in [3.8, 4) is 0 Å². The molecule has 1 fully saturated rings. The Hall–Kier alpha value is -0.0600. The average molecular weight is 231 g/mol. The third kappa shape index (κ3) is 2.97. The van der Waals surface area contributed by atoms with Crippen molar-refractivity contribution in [2.75, 3.05) is 19.7 Å². The first-order valence-corrected chi connectivity index (χ1v) is 5.92. The van der Waals surface area contributed by atoms with Crippen LogP contribution in [0.2, 0.25) is 0 Å². The van der Waals surface area contributed by atoms with E-state index < -0.39 is 26.8 Å². The Morgan fingerprint density at radius 3 is 2.62 bits per heavy atom. The lowest BCUT2D eigenvalue weighted by molar-refractivity contribution is 0.0399. The lowest BCUT2D eigenvalue weighted by Crippen LogP contribution is -2.46. The molecule has 1 rings (SSSR count). The molecular weight excluding hydrogens is 222 g/mol. The number of nitrogens with zero attached hydrogens (tertiary/aromatic N) is 1. The van der Waals surface area contributed by atoms with Gasteiger partial charge >= 0.3 is 0 Å². The van der Waals surface area contributed by atoms with Crippen molar-refractivity contribution in [2.24, 2.45) is 0 Å². The van der Waals surface area contributed by atoms with E-state index in [1.165, 1.54) is 0 Å². The first-order chi connectivity index (χ1) is 5.91. The minimum atomic E-state index is -4.30. The molecule has 9 heteroatoms. The number of ether oxygens (including phenoxy) is 1. The molecule has 1 heterocycles. The Morgan fingerprint density at radius 2 is 2.15 bits per heavy atom. The molecule has 2 N–H and O–H groups in total. The van der Waals surface area contributed by atoms with Crippen molar-refractivity contribution < 1.29 is 26.5 Å². The Balaban J connectivity index is 2.67. The third-order valence-electron chi connectivity index (χ3n) is 1.55. The smallest absolute Gasteiger partial charge is 0.293 e. The fourth-order valence-electron chi connectivity index (χ4n) is 0.918. The standard InChI is InChI=1S/C4H9NO6S2/c6-12(7)5-1-2-11-4(3-5)13(8,9)10/h4H,1-3H2,(H,6,7)(H,8,9,10). The molecule has 2 unspecified atom stereocenters. The average Bonchev–Trinajstić information content (AvgIpc) is 2.03.